The quantitative estimate of drug-likeness (QED) is 0.599. The summed E-state index contributed by atoms with van der Waals surface area (Å²) in [5, 5.41) is 5.50. The number of ether oxygens (including phenoxy) is 1. The highest BCUT2D eigenvalue weighted by Gasteiger charge is 2.16. The monoisotopic (exact) mass is 386 g/mol. The summed E-state index contributed by atoms with van der Waals surface area (Å²) in [4.78, 5) is 25.1. The first-order valence-corrected chi connectivity index (χ1v) is 10.0. The molecule has 1 unspecified atom stereocenters. The molecule has 2 amide bonds. The summed E-state index contributed by atoms with van der Waals surface area (Å²) in [7, 11) is 0. The molecule has 0 radical (unpaired) electrons. The van der Waals surface area contributed by atoms with Gasteiger partial charge in [0.05, 0.1) is 17.5 Å². The molecule has 0 fully saturated rings. The molecule has 1 atom stereocenters. The number of rotatable bonds is 9. The van der Waals surface area contributed by atoms with Gasteiger partial charge in [0.15, 0.2) is 0 Å². The van der Waals surface area contributed by atoms with E-state index in [2.05, 4.69) is 10.6 Å². The van der Waals surface area contributed by atoms with Crippen LogP contribution in [0.25, 0.3) is 0 Å². The maximum absolute atomic E-state index is 12.5. The van der Waals surface area contributed by atoms with Crippen LogP contribution >= 0.6 is 11.8 Å². The average molecular weight is 387 g/mol. The van der Waals surface area contributed by atoms with Gasteiger partial charge in [0.1, 0.15) is 5.75 Å². The first-order valence-electron chi connectivity index (χ1n) is 9.12. The Balaban J connectivity index is 1.93. The lowest BCUT2D eigenvalue weighted by Gasteiger charge is -2.15. The van der Waals surface area contributed by atoms with E-state index in [-0.39, 0.29) is 17.1 Å². The van der Waals surface area contributed by atoms with Gasteiger partial charge in [0, 0.05) is 17.0 Å². The Morgan fingerprint density at radius 2 is 1.74 bits per heavy atom. The summed E-state index contributed by atoms with van der Waals surface area (Å²) in [6.07, 6.45) is 1.33. The van der Waals surface area contributed by atoms with Crippen molar-refractivity contribution in [1.29, 1.82) is 0 Å². The molecule has 27 heavy (non-hydrogen) atoms. The van der Waals surface area contributed by atoms with Gasteiger partial charge in [-0.15, -0.1) is 11.8 Å². The van der Waals surface area contributed by atoms with Gasteiger partial charge in [-0.05, 0) is 56.7 Å². The highest BCUT2D eigenvalue weighted by atomic mass is 32.2. The summed E-state index contributed by atoms with van der Waals surface area (Å²) >= 11 is 1.46. The highest BCUT2D eigenvalue weighted by Crippen LogP contribution is 2.28. The average Bonchev–Trinajstić information content (AvgIpc) is 2.65. The van der Waals surface area contributed by atoms with Crippen molar-refractivity contribution in [3.05, 3.63) is 48.5 Å². The summed E-state index contributed by atoms with van der Waals surface area (Å²) < 4.78 is 5.54. The van der Waals surface area contributed by atoms with Gasteiger partial charge < -0.3 is 15.4 Å². The molecular formula is C21H26N2O3S. The van der Waals surface area contributed by atoms with E-state index in [1.54, 1.807) is 0 Å². The number of para-hydroxylation sites is 2. The van der Waals surface area contributed by atoms with E-state index in [9.17, 15) is 9.59 Å². The summed E-state index contributed by atoms with van der Waals surface area (Å²) in [6.45, 7) is 6.28. The minimum Gasteiger partial charge on any atom is -0.492 e. The molecule has 0 aliphatic carbocycles. The van der Waals surface area contributed by atoms with Crippen LogP contribution in [0.4, 0.5) is 11.4 Å². The van der Waals surface area contributed by atoms with Gasteiger partial charge in [-0.1, -0.05) is 19.1 Å². The molecule has 2 N–H and O–H groups in total. The molecular weight excluding hydrogens is 360 g/mol. The Morgan fingerprint density at radius 3 is 2.41 bits per heavy atom. The first kappa shape index (κ1) is 20.8. The second-order valence-corrected chi connectivity index (χ2v) is 7.42. The van der Waals surface area contributed by atoms with Crippen LogP contribution in [0.3, 0.4) is 0 Å². The zero-order valence-electron chi connectivity index (χ0n) is 16.0. The van der Waals surface area contributed by atoms with Gasteiger partial charge in [0.25, 0.3) is 0 Å². The van der Waals surface area contributed by atoms with Crippen LogP contribution in [0.2, 0.25) is 0 Å². The van der Waals surface area contributed by atoms with Crippen molar-refractivity contribution >= 4 is 35.0 Å². The molecule has 144 valence electrons. The van der Waals surface area contributed by atoms with Crippen LogP contribution < -0.4 is 15.4 Å². The normalized spacial score (nSPS) is 11.5. The zero-order valence-corrected chi connectivity index (χ0v) is 16.8. The Kier molecular flexibility index (Phi) is 8.20. The fraction of sp³-hybridized carbons (Fsp3) is 0.333. The van der Waals surface area contributed by atoms with Crippen LogP contribution in [0.15, 0.2) is 53.4 Å². The predicted molar refractivity (Wildman–Crippen MR) is 112 cm³/mol. The third kappa shape index (κ3) is 6.64. The van der Waals surface area contributed by atoms with Crippen molar-refractivity contribution in [3.63, 3.8) is 0 Å². The number of thioether (sulfide) groups is 1. The number of hydrogen-bond donors (Lipinski definition) is 2. The Bertz CT molecular complexity index is 762. The molecule has 0 bridgehead atoms. The van der Waals surface area contributed by atoms with Crippen molar-refractivity contribution in [2.75, 3.05) is 17.2 Å². The third-order valence-corrected chi connectivity index (χ3v) is 4.85. The van der Waals surface area contributed by atoms with Crippen LogP contribution in [0.1, 0.15) is 33.6 Å². The highest BCUT2D eigenvalue weighted by molar-refractivity contribution is 8.00. The third-order valence-electron chi connectivity index (χ3n) is 3.74. The number of nitrogens with one attached hydrogen (secondary N) is 2. The molecule has 0 saturated heterocycles. The lowest BCUT2D eigenvalue weighted by molar-refractivity contribution is -0.116. The van der Waals surface area contributed by atoms with Crippen molar-refractivity contribution < 1.29 is 14.3 Å². The fourth-order valence-corrected chi connectivity index (χ4v) is 3.28. The molecule has 0 aromatic heterocycles. The fourth-order valence-electron chi connectivity index (χ4n) is 2.41. The van der Waals surface area contributed by atoms with Crippen LogP contribution in [0.5, 0.6) is 5.75 Å². The van der Waals surface area contributed by atoms with Gasteiger partial charge in [0.2, 0.25) is 11.8 Å². The maximum Gasteiger partial charge on any atom is 0.237 e. The molecule has 0 heterocycles. The van der Waals surface area contributed by atoms with Gasteiger partial charge >= 0.3 is 0 Å². The summed E-state index contributed by atoms with van der Waals surface area (Å²) in [6, 6.07) is 14.9. The molecule has 2 aromatic rings. The molecule has 0 spiro atoms. The van der Waals surface area contributed by atoms with E-state index in [1.165, 1.54) is 11.8 Å². The summed E-state index contributed by atoms with van der Waals surface area (Å²) in [5.41, 5.74) is 1.44. The largest absolute Gasteiger partial charge is 0.492 e. The number of anilines is 2. The number of hydrogen-bond acceptors (Lipinski definition) is 4. The van der Waals surface area contributed by atoms with Crippen LogP contribution in [-0.4, -0.2) is 23.7 Å². The predicted octanol–water partition coefficient (Wildman–Crippen LogP) is 4.94. The van der Waals surface area contributed by atoms with Crippen molar-refractivity contribution in [1.82, 2.24) is 0 Å². The number of benzene rings is 2. The molecule has 2 aromatic carbocycles. The molecule has 6 heteroatoms. The van der Waals surface area contributed by atoms with E-state index in [4.69, 9.17) is 4.74 Å². The van der Waals surface area contributed by atoms with E-state index >= 15 is 0 Å². The second-order valence-electron chi connectivity index (χ2n) is 6.00. The molecule has 0 aliphatic rings. The number of carbonyl (C=O) groups excluding carboxylic acids is 2. The number of amides is 2. The Morgan fingerprint density at radius 1 is 1.04 bits per heavy atom. The van der Waals surface area contributed by atoms with Crippen LogP contribution in [-0.2, 0) is 9.59 Å². The standard InChI is InChI=1S/C21H26N2O3S/c1-4-8-20(24)22-16-11-13-17(14-12-16)27-15(3)21(25)23-18-9-6-7-10-19(18)26-5-2/h6-7,9-15H,4-5,8H2,1-3H3,(H,22,24)(H,23,25). The summed E-state index contributed by atoms with van der Waals surface area (Å²) in [5.74, 6) is 0.587. The molecule has 0 aliphatic heterocycles. The van der Waals surface area contributed by atoms with Crippen LogP contribution in [0, 0.1) is 0 Å². The minimum atomic E-state index is -0.278. The Labute approximate surface area is 164 Å². The SMILES string of the molecule is CCCC(=O)Nc1ccc(SC(C)C(=O)Nc2ccccc2OCC)cc1. The Hall–Kier alpha value is -2.47. The van der Waals surface area contributed by atoms with Crippen molar-refractivity contribution in [3.8, 4) is 5.75 Å². The van der Waals surface area contributed by atoms with Crippen molar-refractivity contribution in [2.45, 2.75) is 43.8 Å². The lowest BCUT2D eigenvalue weighted by Crippen LogP contribution is -2.22. The topological polar surface area (TPSA) is 67.4 Å². The molecule has 5 nitrogen and oxygen atoms in total. The minimum absolute atomic E-state index is 0.0126. The maximum atomic E-state index is 12.5. The van der Waals surface area contributed by atoms with Gasteiger partial charge in [-0.25, -0.2) is 0 Å². The van der Waals surface area contributed by atoms with Gasteiger partial charge in [-0.3, -0.25) is 9.59 Å². The first-order chi connectivity index (χ1) is 13.0. The van der Waals surface area contributed by atoms with E-state index in [0.717, 1.165) is 17.0 Å². The lowest BCUT2D eigenvalue weighted by atomic mass is 10.3. The molecule has 2 rings (SSSR count). The van der Waals surface area contributed by atoms with E-state index in [1.807, 2.05) is 69.3 Å². The van der Waals surface area contributed by atoms with E-state index < -0.39 is 0 Å². The van der Waals surface area contributed by atoms with Crippen molar-refractivity contribution in [2.24, 2.45) is 0 Å². The zero-order chi connectivity index (χ0) is 19.6. The van der Waals surface area contributed by atoms with E-state index in [0.29, 0.717) is 24.5 Å². The molecule has 0 saturated carbocycles. The second kappa shape index (κ2) is 10.6. The number of carbonyl (C=O) groups is 2. The smallest absolute Gasteiger partial charge is 0.237 e. The van der Waals surface area contributed by atoms with Gasteiger partial charge in [-0.2, -0.15) is 0 Å².